The molecule has 0 spiro atoms. The molecule has 0 rings (SSSR count). The van der Waals surface area contributed by atoms with Gasteiger partial charge in [-0.2, -0.15) is 0 Å². The summed E-state index contributed by atoms with van der Waals surface area (Å²) in [5, 5.41) is 0. The number of hydrogen-bond donors (Lipinski definition) is 0. The minimum Gasteiger partial charge on any atom is -0.811 e. The monoisotopic (exact) mass is 462 g/mol. The first kappa shape index (κ1) is 38.2. The Hall–Kier alpha value is 1.51. The molecule has 0 aromatic heterocycles. The summed E-state index contributed by atoms with van der Waals surface area (Å²) in [5.41, 5.74) is 0. The number of hydrogen-bond acceptors (Lipinski definition) is 9. The standard InChI is InChI=1S/3C4H11O3P.2Al/c3*1-4(2)3-8(5,6)7;;/h3*4H,3H2,1-2H3,(H2,5,6,7);;/q;;;2*+3/p-6. The molecule has 0 bridgehead atoms. The van der Waals surface area contributed by atoms with Gasteiger partial charge in [-0.05, 0) is 36.2 Å². The summed E-state index contributed by atoms with van der Waals surface area (Å²) in [6.45, 7) is 10.2. The molecule has 0 radical (unpaired) electrons. The Morgan fingerprint density at radius 1 is 0.500 bits per heavy atom. The van der Waals surface area contributed by atoms with Crippen molar-refractivity contribution < 1.29 is 43.1 Å². The molecular formula is C12H27Al2O9P3. The first-order valence-corrected chi connectivity index (χ1v) is 12.5. The maximum atomic E-state index is 9.91. The average molecular weight is 462 g/mol. The first-order valence-electron chi connectivity index (χ1n) is 7.28. The molecule has 150 valence electrons. The van der Waals surface area contributed by atoms with Gasteiger partial charge in [-0.25, -0.2) is 0 Å². The molecule has 0 fully saturated rings. The molecule has 0 aromatic carbocycles. The third kappa shape index (κ3) is 56.2. The molecule has 0 heterocycles. The van der Waals surface area contributed by atoms with Crippen LogP contribution in [-0.2, 0) is 13.7 Å². The van der Waals surface area contributed by atoms with E-state index in [4.69, 9.17) is 0 Å². The van der Waals surface area contributed by atoms with Gasteiger partial charge in [-0.1, -0.05) is 64.3 Å². The van der Waals surface area contributed by atoms with Gasteiger partial charge in [0, 0.05) is 0 Å². The fourth-order valence-corrected chi connectivity index (χ4v) is 4.02. The predicted octanol–water partition coefficient (Wildman–Crippen LogP) is -2.09. The van der Waals surface area contributed by atoms with Crippen molar-refractivity contribution in [2.45, 2.75) is 41.5 Å². The van der Waals surface area contributed by atoms with E-state index in [9.17, 15) is 43.1 Å². The second-order valence-electron chi connectivity index (χ2n) is 6.56. The summed E-state index contributed by atoms with van der Waals surface area (Å²) < 4.78 is 29.7. The van der Waals surface area contributed by atoms with E-state index in [1.165, 1.54) is 0 Å². The van der Waals surface area contributed by atoms with E-state index in [-0.39, 0.29) is 71.0 Å². The fraction of sp³-hybridized carbons (Fsp3) is 1.00. The van der Waals surface area contributed by atoms with E-state index in [1.807, 2.05) is 0 Å². The molecule has 0 unspecified atom stereocenters. The molecule has 0 aliphatic carbocycles. The van der Waals surface area contributed by atoms with Crippen LogP contribution in [0.3, 0.4) is 0 Å². The molecule has 0 aliphatic heterocycles. The summed E-state index contributed by atoms with van der Waals surface area (Å²) in [7, 11) is -12.7. The van der Waals surface area contributed by atoms with E-state index < -0.39 is 22.8 Å². The maximum Gasteiger partial charge on any atom is 3.00 e. The number of rotatable bonds is 6. The Kier molecular flexibility index (Phi) is 25.5. The third-order valence-electron chi connectivity index (χ3n) is 1.77. The molecule has 0 saturated heterocycles. The molecular weight excluding hydrogens is 435 g/mol. The average Bonchev–Trinajstić information content (AvgIpc) is 2.04. The third-order valence-corrected chi connectivity index (χ3v) is 5.30. The van der Waals surface area contributed by atoms with Crippen molar-refractivity contribution in [1.29, 1.82) is 0 Å². The Morgan fingerprint density at radius 3 is 0.615 bits per heavy atom. The molecule has 14 heteroatoms. The summed E-state index contributed by atoms with van der Waals surface area (Å²) >= 11 is 0. The van der Waals surface area contributed by atoms with Crippen LogP contribution in [0, 0.1) is 17.8 Å². The summed E-state index contributed by atoms with van der Waals surface area (Å²) in [4.78, 5) is 59.5. The van der Waals surface area contributed by atoms with Crippen LogP contribution in [0.1, 0.15) is 41.5 Å². The van der Waals surface area contributed by atoms with E-state index in [1.54, 1.807) is 41.5 Å². The van der Waals surface area contributed by atoms with E-state index >= 15 is 0 Å². The van der Waals surface area contributed by atoms with Gasteiger partial charge >= 0.3 is 34.7 Å². The zero-order valence-corrected chi connectivity index (χ0v) is 21.0. The van der Waals surface area contributed by atoms with Crippen LogP contribution in [0.15, 0.2) is 0 Å². The van der Waals surface area contributed by atoms with Crippen molar-refractivity contribution in [2.75, 3.05) is 18.5 Å². The first-order chi connectivity index (χ1) is 10.2. The molecule has 0 atom stereocenters. The smallest absolute Gasteiger partial charge is 0.811 e. The van der Waals surface area contributed by atoms with Crippen LogP contribution in [0.2, 0.25) is 0 Å². The van der Waals surface area contributed by atoms with Crippen LogP contribution in [0.4, 0.5) is 0 Å². The van der Waals surface area contributed by atoms with Crippen LogP contribution >= 0.6 is 22.8 Å². The zero-order valence-electron chi connectivity index (χ0n) is 16.0. The van der Waals surface area contributed by atoms with Crippen molar-refractivity contribution >= 4 is 57.5 Å². The van der Waals surface area contributed by atoms with Crippen molar-refractivity contribution in [1.82, 2.24) is 0 Å². The molecule has 0 N–H and O–H groups in total. The van der Waals surface area contributed by atoms with Crippen LogP contribution in [0.25, 0.3) is 0 Å². The van der Waals surface area contributed by atoms with Gasteiger partial charge < -0.3 is 43.1 Å². The largest absolute Gasteiger partial charge is 3.00 e. The van der Waals surface area contributed by atoms with Crippen molar-refractivity contribution in [3.8, 4) is 0 Å². The second kappa shape index (κ2) is 17.4. The Balaban J connectivity index is -0.0000000817. The normalized spacial score (nSPS) is 11.7. The zero-order chi connectivity index (χ0) is 20.4. The van der Waals surface area contributed by atoms with E-state index in [0.717, 1.165) is 0 Å². The SMILES string of the molecule is CC(C)CP(=O)([O-])[O-].CC(C)CP(=O)([O-])[O-].CC(C)CP(=O)([O-])[O-].[Al+3].[Al+3]. The van der Waals surface area contributed by atoms with Gasteiger partial charge in [0.1, 0.15) is 0 Å². The van der Waals surface area contributed by atoms with Gasteiger partial charge in [-0.15, -0.1) is 0 Å². The van der Waals surface area contributed by atoms with E-state index in [2.05, 4.69) is 0 Å². The second-order valence-corrected chi connectivity index (χ2v) is 11.3. The van der Waals surface area contributed by atoms with Crippen molar-refractivity contribution in [3.63, 3.8) is 0 Å². The van der Waals surface area contributed by atoms with Crippen LogP contribution in [-0.4, -0.2) is 53.2 Å². The topological polar surface area (TPSA) is 190 Å². The van der Waals surface area contributed by atoms with Gasteiger partial charge in [0.25, 0.3) is 0 Å². The van der Waals surface area contributed by atoms with Gasteiger partial charge in [0.2, 0.25) is 0 Å². The summed E-state index contributed by atoms with van der Waals surface area (Å²) in [6, 6.07) is 0. The van der Waals surface area contributed by atoms with E-state index in [0.29, 0.717) is 0 Å². The van der Waals surface area contributed by atoms with Gasteiger partial charge in [-0.3, -0.25) is 0 Å². The summed E-state index contributed by atoms with van der Waals surface area (Å²) in [6.07, 6.45) is -0.688. The van der Waals surface area contributed by atoms with Crippen LogP contribution in [0.5, 0.6) is 0 Å². The Bertz CT molecular complexity index is 388. The molecule has 0 amide bonds. The maximum absolute atomic E-state index is 9.91. The van der Waals surface area contributed by atoms with Crippen molar-refractivity contribution in [3.05, 3.63) is 0 Å². The van der Waals surface area contributed by atoms with Crippen LogP contribution < -0.4 is 29.4 Å². The van der Waals surface area contributed by atoms with Gasteiger partial charge in [0.05, 0.1) is 0 Å². The molecule has 0 saturated carbocycles. The summed E-state index contributed by atoms with van der Waals surface area (Å²) in [5.74, 6) is -0.137. The Morgan fingerprint density at radius 2 is 0.615 bits per heavy atom. The molecule has 9 nitrogen and oxygen atoms in total. The molecule has 0 aliphatic rings. The Labute approximate surface area is 178 Å². The van der Waals surface area contributed by atoms with Crippen molar-refractivity contribution in [2.24, 2.45) is 17.8 Å². The fourth-order valence-electron chi connectivity index (χ4n) is 1.34. The minimum atomic E-state index is -4.22. The predicted molar refractivity (Wildman–Crippen MR) is 93.4 cm³/mol. The minimum absolute atomic E-state index is 0. The molecule has 0 aromatic rings. The van der Waals surface area contributed by atoms with Gasteiger partial charge in [0.15, 0.2) is 0 Å². The quantitative estimate of drug-likeness (QED) is 0.315. The molecule has 26 heavy (non-hydrogen) atoms.